The number of nitrogens with zero attached hydrogens (tertiary/aromatic N) is 4. The van der Waals surface area contributed by atoms with E-state index in [2.05, 4.69) is 9.97 Å². The van der Waals surface area contributed by atoms with Crippen LogP contribution in [-0.4, -0.2) is 27.0 Å². The third-order valence-electron chi connectivity index (χ3n) is 4.52. The fraction of sp³-hybridized carbons (Fsp3) is 0.0952. The average molecular weight is 387 g/mol. The van der Waals surface area contributed by atoms with E-state index in [0.29, 0.717) is 34.4 Å². The lowest BCUT2D eigenvalue weighted by molar-refractivity contribution is -0.385. The summed E-state index contributed by atoms with van der Waals surface area (Å²) < 4.78 is 5.07. The molecular formula is C21H17N5O3. The number of ether oxygens (including phenoxy) is 1. The predicted molar refractivity (Wildman–Crippen MR) is 110 cm³/mol. The number of rotatable bonds is 5. The molecule has 0 fully saturated rings. The van der Waals surface area contributed by atoms with Crippen LogP contribution in [0.4, 0.5) is 11.6 Å². The maximum absolute atomic E-state index is 11.3. The molecule has 2 heterocycles. The largest absolute Gasteiger partial charge is 0.490 e. The molecule has 4 aromatic rings. The number of aromatic nitrogens is 3. The van der Waals surface area contributed by atoms with Crippen molar-refractivity contribution < 1.29 is 9.66 Å². The van der Waals surface area contributed by atoms with E-state index in [1.807, 2.05) is 30.3 Å². The highest BCUT2D eigenvalue weighted by molar-refractivity contribution is 5.81. The molecule has 0 saturated heterocycles. The van der Waals surface area contributed by atoms with Gasteiger partial charge in [0.2, 0.25) is 5.95 Å². The highest BCUT2D eigenvalue weighted by atomic mass is 16.6. The normalized spacial score (nSPS) is 10.8. The molecule has 2 N–H and O–H groups in total. The zero-order valence-electron chi connectivity index (χ0n) is 15.6. The number of hydrogen-bond donors (Lipinski definition) is 1. The van der Waals surface area contributed by atoms with E-state index < -0.39 is 4.92 Å². The quantitative estimate of drug-likeness (QED) is 0.409. The number of nitro groups is 1. The van der Waals surface area contributed by atoms with Crippen molar-refractivity contribution in [2.45, 2.75) is 6.42 Å². The van der Waals surface area contributed by atoms with Crippen molar-refractivity contribution in [3.8, 4) is 17.0 Å². The molecule has 0 radical (unpaired) electrons. The fourth-order valence-electron chi connectivity index (χ4n) is 3.16. The lowest BCUT2D eigenvalue weighted by atomic mass is 10.1. The molecule has 0 spiro atoms. The van der Waals surface area contributed by atoms with Crippen LogP contribution in [0, 0.1) is 10.1 Å². The van der Waals surface area contributed by atoms with Crippen LogP contribution in [0.15, 0.2) is 60.7 Å². The number of anilines is 1. The number of methoxy groups -OCH3 is 1. The number of pyridine rings is 1. The average Bonchev–Trinajstić information content (AvgIpc) is 2.73. The van der Waals surface area contributed by atoms with Crippen molar-refractivity contribution in [2.24, 2.45) is 0 Å². The minimum atomic E-state index is -0.478. The lowest BCUT2D eigenvalue weighted by Gasteiger charge is -2.09. The topological polar surface area (TPSA) is 117 Å². The van der Waals surface area contributed by atoms with Gasteiger partial charge in [0.1, 0.15) is 5.52 Å². The van der Waals surface area contributed by atoms with Gasteiger partial charge in [-0.2, -0.15) is 0 Å². The molecule has 0 saturated carbocycles. The molecule has 0 bridgehead atoms. The van der Waals surface area contributed by atoms with Crippen LogP contribution in [0.2, 0.25) is 0 Å². The van der Waals surface area contributed by atoms with Gasteiger partial charge in [0.25, 0.3) is 0 Å². The van der Waals surface area contributed by atoms with Crippen molar-refractivity contribution >= 4 is 22.7 Å². The maximum Gasteiger partial charge on any atom is 0.311 e. The molecule has 8 nitrogen and oxygen atoms in total. The van der Waals surface area contributed by atoms with Gasteiger partial charge < -0.3 is 10.5 Å². The third kappa shape index (κ3) is 3.68. The van der Waals surface area contributed by atoms with Crippen molar-refractivity contribution in [2.75, 3.05) is 12.8 Å². The zero-order valence-corrected chi connectivity index (χ0v) is 15.6. The highest BCUT2D eigenvalue weighted by Gasteiger charge is 2.17. The molecular weight excluding hydrogens is 370 g/mol. The van der Waals surface area contributed by atoms with E-state index in [4.69, 9.17) is 15.5 Å². The van der Waals surface area contributed by atoms with Crippen molar-refractivity contribution in [3.63, 3.8) is 0 Å². The second-order valence-electron chi connectivity index (χ2n) is 6.40. The van der Waals surface area contributed by atoms with E-state index >= 15 is 0 Å². The van der Waals surface area contributed by atoms with Crippen LogP contribution in [0.1, 0.15) is 11.3 Å². The van der Waals surface area contributed by atoms with Gasteiger partial charge in [-0.05, 0) is 29.8 Å². The minimum absolute atomic E-state index is 0.120. The second kappa shape index (κ2) is 7.51. The summed E-state index contributed by atoms with van der Waals surface area (Å²) in [6.07, 6.45) is 0.545. The monoisotopic (exact) mass is 387 g/mol. The van der Waals surface area contributed by atoms with Gasteiger partial charge in [-0.3, -0.25) is 10.1 Å². The summed E-state index contributed by atoms with van der Waals surface area (Å²) in [5, 5.41) is 11.3. The van der Waals surface area contributed by atoms with E-state index in [-0.39, 0.29) is 17.4 Å². The van der Waals surface area contributed by atoms with Gasteiger partial charge in [-0.1, -0.05) is 30.3 Å². The molecule has 0 aliphatic carbocycles. The first-order valence-electron chi connectivity index (χ1n) is 8.85. The van der Waals surface area contributed by atoms with E-state index in [0.717, 1.165) is 5.56 Å². The van der Waals surface area contributed by atoms with E-state index in [1.54, 1.807) is 24.3 Å². The van der Waals surface area contributed by atoms with Crippen molar-refractivity contribution in [3.05, 3.63) is 82.0 Å². The Kier molecular flexibility index (Phi) is 4.74. The SMILES string of the molecule is COc1ccc(-c2ccc3nc(N)nc(Cc4ccccc4)c3n2)cc1[N+](=O)[O-]. The maximum atomic E-state index is 11.3. The zero-order chi connectivity index (χ0) is 20.4. The smallest absolute Gasteiger partial charge is 0.311 e. The first-order valence-corrected chi connectivity index (χ1v) is 8.85. The van der Waals surface area contributed by atoms with Gasteiger partial charge in [0, 0.05) is 18.1 Å². The Hall–Kier alpha value is -4.07. The van der Waals surface area contributed by atoms with E-state index in [1.165, 1.54) is 13.2 Å². The number of nitrogens with two attached hydrogens (primary N) is 1. The Labute approximate surface area is 166 Å². The van der Waals surface area contributed by atoms with Crippen LogP contribution in [-0.2, 0) is 6.42 Å². The Morgan fingerprint density at radius 3 is 2.55 bits per heavy atom. The molecule has 8 heteroatoms. The van der Waals surface area contributed by atoms with Gasteiger partial charge in [-0.25, -0.2) is 15.0 Å². The van der Waals surface area contributed by atoms with Gasteiger partial charge >= 0.3 is 5.69 Å². The first-order chi connectivity index (χ1) is 14.0. The Morgan fingerprint density at radius 1 is 1.03 bits per heavy atom. The van der Waals surface area contributed by atoms with Crippen LogP contribution >= 0.6 is 0 Å². The Balaban J connectivity index is 1.83. The molecule has 0 amide bonds. The molecule has 2 aromatic heterocycles. The summed E-state index contributed by atoms with van der Waals surface area (Å²) >= 11 is 0. The van der Waals surface area contributed by atoms with Crippen LogP contribution in [0.3, 0.4) is 0 Å². The minimum Gasteiger partial charge on any atom is -0.490 e. The number of benzene rings is 2. The Morgan fingerprint density at radius 2 is 1.83 bits per heavy atom. The van der Waals surface area contributed by atoms with Crippen LogP contribution in [0.5, 0.6) is 5.75 Å². The second-order valence-corrected chi connectivity index (χ2v) is 6.40. The van der Waals surface area contributed by atoms with Gasteiger partial charge in [-0.15, -0.1) is 0 Å². The lowest BCUT2D eigenvalue weighted by Crippen LogP contribution is -2.03. The predicted octanol–water partition coefficient (Wildman–Crippen LogP) is 3.78. The summed E-state index contributed by atoms with van der Waals surface area (Å²) in [5.41, 5.74) is 9.92. The van der Waals surface area contributed by atoms with E-state index in [9.17, 15) is 10.1 Å². The van der Waals surface area contributed by atoms with Crippen molar-refractivity contribution in [1.29, 1.82) is 0 Å². The standard InChI is InChI=1S/C21H17N5O3/c1-29-19-10-7-14(12-18(19)26(27)28)15-8-9-16-20(23-15)17(25-21(22)24-16)11-13-5-3-2-4-6-13/h2-10,12H,11H2,1H3,(H2,22,24,25). The molecule has 4 rings (SSSR count). The molecule has 0 aliphatic heterocycles. The highest BCUT2D eigenvalue weighted by Crippen LogP contribution is 2.32. The molecule has 0 atom stereocenters. The summed E-state index contributed by atoms with van der Waals surface area (Å²) in [6.45, 7) is 0. The summed E-state index contributed by atoms with van der Waals surface area (Å²) in [4.78, 5) is 24.2. The van der Waals surface area contributed by atoms with Crippen LogP contribution in [0.25, 0.3) is 22.3 Å². The van der Waals surface area contributed by atoms with Gasteiger partial charge in [0.05, 0.1) is 28.9 Å². The number of hydrogen-bond acceptors (Lipinski definition) is 7. The summed E-state index contributed by atoms with van der Waals surface area (Å²) in [6, 6.07) is 18.1. The number of fused-ring (bicyclic) bond motifs is 1. The Bertz CT molecular complexity index is 1210. The number of nitrogen functional groups attached to an aromatic ring is 1. The third-order valence-corrected chi connectivity index (χ3v) is 4.52. The molecule has 29 heavy (non-hydrogen) atoms. The fourth-order valence-corrected chi connectivity index (χ4v) is 3.16. The molecule has 0 aliphatic rings. The summed E-state index contributed by atoms with van der Waals surface area (Å²) in [7, 11) is 1.40. The summed E-state index contributed by atoms with van der Waals surface area (Å²) in [5.74, 6) is 0.374. The van der Waals surface area contributed by atoms with Crippen molar-refractivity contribution in [1.82, 2.24) is 15.0 Å². The molecule has 144 valence electrons. The first kappa shape index (κ1) is 18.3. The van der Waals surface area contributed by atoms with Gasteiger partial charge in [0.15, 0.2) is 5.75 Å². The van der Waals surface area contributed by atoms with Crippen LogP contribution < -0.4 is 10.5 Å². The number of nitro benzene ring substituents is 1. The molecule has 0 unspecified atom stereocenters. The molecule has 2 aromatic carbocycles.